The second-order valence-electron chi connectivity index (χ2n) is 8.89. The van der Waals surface area contributed by atoms with Gasteiger partial charge in [-0.3, -0.25) is 19.4 Å². The van der Waals surface area contributed by atoms with Gasteiger partial charge in [-0.2, -0.15) is 4.72 Å². The number of rotatable bonds is 9. The van der Waals surface area contributed by atoms with Crippen molar-refractivity contribution in [1.82, 2.24) is 24.8 Å². The summed E-state index contributed by atoms with van der Waals surface area (Å²) in [6.45, 7) is 1.11. The summed E-state index contributed by atoms with van der Waals surface area (Å²) in [4.78, 5) is 46.1. The lowest BCUT2D eigenvalue weighted by molar-refractivity contribution is -0.143. The van der Waals surface area contributed by atoms with E-state index in [9.17, 15) is 22.8 Å². The highest BCUT2D eigenvalue weighted by molar-refractivity contribution is 7.92. The Kier molecular flexibility index (Phi) is 8.95. The van der Waals surface area contributed by atoms with Gasteiger partial charge < -0.3 is 15.1 Å². The minimum Gasteiger partial charge on any atom is -0.350 e. The van der Waals surface area contributed by atoms with Crippen LogP contribution in [0.25, 0.3) is 6.08 Å². The first-order chi connectivity index (χ1) is 17.7. The van der Waals surface area contributed by atoms with Gasteiger partial charge in [0.1, 0.15) is 6.04 Å². The molecule has 198 valence electrons. The van der Waals surface area contributed by atoms with Crippen LogP contribution < -0.4 is 10.0 Å². The monoisotopic (exact) mass is 565 g/mol. The number of amides is 3. The number of halogens is 1. The molecule has 0 aliphatic carbocycles. The van der Waals surface area contributed by atoms with Crippen LogP contribution in [-0.2, 0) is 19.6 Å². The summed E-state index contributed by atoms with van der Waals surface area (Å²) < 4.78 is 28.0. The van der Waals surface area contributed by atoms with Gasteiger partial charge in [-0.25, -0.2) is 8.42 Å². The van der Waals surface area contributed by atoms with Crippen molar-refractivity contribution in [2.75, 3.05) is 26.2 Å². The first-order valence-electron chi connectivity index (χ1n) is 11.9. The summed E-state index contributed by atoms with van der Waals surface area (Å²) in [6, 6.07) is 5.51. The van der Waals surface area contributed by atoms with Crippen LogP contribution in [0.1, 0.15) is 40.9 Å². The van der Waals surface area contributed by atoms with Crippen LogP contribution in [0.15, 0.2) is 42.1 Å². The van der Waals surface area contributed by atoms with Crippen molar-refractivity contribution in [3.05, 3.63) is 56.8 Å². The van der Waals surface area contributed by atoms with Crippen molar-refractivity contribution >= 4 is 56.8 Å². The van der Waals surface area contributed by atoms with Gasteiger partial charge in [0.25, 0.3) is 5.91 Å². The molecule has 2 aromatic rings. The van der Waals surface area contributed by atoms with E-state index in [0.29, 0.717) is 47.3 Å². The number of carbonyl (C=O) groups is 3. The van der Waals surface area contributed by atoms with Gasteiger partial charge in [-0.05, 0) is 56.0 Å². The minimum atomic E-state index is -3.87. The van der Waals surface area contributed by atoms with Gasteiger partial charge in [0, 0.05) is 53.9 Å². The summed E-state index contributed by atoms with van der Waals surface area (Å²) in [5.74, 6) is -0.872. The maximum absolute atomic E-state index is 13.1. The van der Waals surface area contributed by atoms with Crippen molar-refractivity contribution in [1.29, 1.82) is 0 Å². The van der Waals surface area contributed by atoms with Gasteiger partial charge >= 0.3 is 0 Å². The molecule has 37 heavy (non-hydrogen) atoms. The van der Waals surface area contributed by atoms with E-state index in [1.165, 1.54) is 22.3 Å². The smallest absolute Gasteiger partial charge is 0.251 e. The molecular weight excluding hydrogens is 538 g/mol. The molecule has 0 unspecified atom stereocenters. The Labute approximate surface area is 224 Å². The number of hydrogen-bond acceptors (Lipinski definition) is 7. The predicted molar refractivity (Wildman–Crippen MR) is 141 cm³/mol. The molecule has 0 bridgehead atoms. The summed E-state index contributed by atoms with van der Waals surface area (Å²) in [7, 11) is -3.87. The second kappa shape index (κ2) is 12.2. The van der Waals surface area contributed by atoms with Crippen molar-refractivity contribution in [3.8, 4) is 0 Å². The first-order valence-corrected chi connectivity index (χ1v) is 14.7. The van der Waals surface area contributed by atoms with E-state index in [2.05, 4.69) is 15.0 Å². The van der Waals surface area contributed by atoms with Crippen LogP contribution in [0.5, 0.6) is 0 Å². The molecule has 10 nitrogen and oxygen atoms in total. The molecule has 2 N–H and O–H groups in total. The average Bonchev–Trinajstić information content (AvgIpc) is 3.53. The Morgan fingerprint density at radius 3 is 2.62 bits per heavy atom. The molecule has 3 amide bonds. The topological polar surface area (TPSA) is 129 Å². The third-order valence-electron chi connectivity index (χ3n) is 6.31. The number of thiophene rings is 1. The summed E-state index contributed by atoms with van der Waals surface area (Å²) in [6.07, 6.45) is 6.99. The molecule has 0 radical (unpaired) electrons. The normalized spacial score (nSPS) is 20.5. The lowest BCUT2D eigenvalue weighted by atomic mass is 10.1. The number of sulfonamides is 1. The number of aromatic nitrogens is 1. The zero-order valence-electron chi connectivity index (χ0n) is 20.0. The van der Waals surface area contributed by atoms with Gasteiger partial charge in [0.05, 0.1) is 10.9 Å². The molecular formula is C24H28ClN5O5S2. The molecule has 2 aromatic heterocycles. The molecule has 0 spiro atoms. The molecule has 0 aromatic carbocycles. The molecule has 2 atom stereocenters. The van der Waals surface area contributed by atoms with Crippen molar-refractivity contribution in [2.45, 2.75) is 37.8 Å². The average molecular weight is 566 g/mol. The van der Waals surface area contributed by atoms with E-state index in [1.807, 2.05) is 0 Å². The quantitative estimate of drug-likeness (QED) is 0.479. The number of piperidine rings is 1. The molecule has 2 aliphatic rings. The lowest BCUT2D eigenvalue weighted by Gasteiger charge is -2.34. The van der Waals surface area contributed by atoms with E-state index < -0.39 is 22.0 Å². The molecule has 2 aliphatic heterocycles. The van der Waals surface area contributed by atoms with Crippen LogP contribution in [0, 0.1) is 0 Å². The Balaban J connectivity index is 1.31. The van der Waals surface area contributed by atoms with Crippen LogP contribution in [0.4, 0.5) is 0 Å². The summed E-state index contributed by atoms with van der Waals surface area (Å²) in [5, 5.41) is 3.88. The van der Waals surface area contributed by atoms with Gasteiger partial charge in [-0.1, -0.05) is 11.6 Å². The fourth-order valence-corrected chi connectivity index (χ4v) is 6.53. The summed E-state index contributed by atoms with van der Waals surface area (Å²) in [5.41, 5.74) is 0.493. The third-order valence-corrected chi connectivity index (χ3v) is 8.61. The number of carbonyl (C=O) groups excluding carboxylic acids is 3. The van der Waals surface area contributed by atoms with E-state index in [-0.39, 0.29) is 24.4 Å². The summed E-state index contributed by atoms with van der Waals surface area (Å²) >= 11 is 7.11. The van der Waals surface area contributed by atoms with Crippen LogP contribution in [-0.4, -0.2) is 79.2 Å². The Hall–Kier alpha value is -2.80. The molecule has 2 fully saturated rings. The largest absolute Gasteiger partial charge is 0.350 e. The van der Waals surface area contributed by atoms with E-state index in [1.54, 1.807) is 41.6 Å². The zero-order valence-corrected chi connectivity index (χ0v) is 22.4. The van der Waals surface area contributed by atoms with Gasteiger partial charge in [0.2, 0.25) is 21.8 Å². The van der Waals surface area contributed by atoms with Crippen LogP contribution in [0.2, 0.25) is 4.34 Å². The van der Waals surface area contributed by atoms with Crippen LogP contribution in [0.3, 0.4) is 0 Å². The fraction of sp³-hybridized carbons (Fsp3) is 0.417. The highest BCUT2D eigenvalue weighted by Crippen LogP contribution is 2.23. The zero-order chi connectivity index (χ0) is 26.4. The number of nitrogens with zero attached hydrogens (tertiary/aromatic N) is 3. The standard InChI is InChI=1S/C24H28ClN5O5S2/c25-21-6-5-19(36-21)9-14-37(34,35)28-20-4-2-12-29(24(20)33)16-22(31)30-13-1-3-18(30)15-27-23(32)17-7-10-26-11-8-17/h5-11,14,18,20,28H,1-4,12-13,15-16H2,(H,27,32)/b14-9+/t18-,20-/m0/s1. The van der Waals surface area contributed by atoms with Crippen molar-refractivity contribution in [2.24, 2.45) is 0 Å². The Morgan fingerprint density at radius 1 is 1.14 bits per heavy atom. The SMILES string of the molecule is O=C(NC[C@@H]1CCCN1C(=O)CN1CCC[C@H](NS(=O)(=O)/C=C/c2ccc(Cl)s2)C1=O)c1ccncc1. The van der Waals surface area contributed by atoms with Crippen molar-refractivity contribution < 1.29 is 22.8 Å². The lowest BCUT2D eigenvalue weighted by Crippen LogP contribution is -2.55. The molecule has 4 rings (SSSR count). The first kappa shape index (κ1) is 27.2. The molecule has 2 saturated heterocycles. The Morgan fingerprint density at radius 2 is 1.89 bits per heavy atom. The van der Waals surface area contributed by atoms with Crippen molar-refractivity contribution in [3.63, 3.8) is 0 Å². The maximum atomic E-state index is 13.1. The Bertz CT molecular complexity index is 1270. The van der Waals surface area contributed by atoms with Crippen LogP contribution >= 0.6 is 22.9 Å². The van der Waals surface area contributed by atoms with E-state index in [4.69, 9.17) is 11.6 Å². The highest BCUT2D eigenvalue weighted by atomic mass is 35.5. The second-order valence-corrected chi connectivity index (χ2v) is 12.2. The molecule has 4 heterocycles. The van der Waals surface area contributed by atoms with Gasteiger partial charge in [0.15, 0.2) is 0 Å². The molecule has 0 saturated carbocycles. The van der Waals surface area contributed by atoms with E-state index >= 15 is 0 Å². The number of nitrogens with one attached hydrogen (secondary N) is 2. The number of hydrogen-bond donors (Lipinski definition) is 2. The molecule has 13 heteroatoms. The van der Waals surface area contributed by atoms with E-state index in [0.717, 1.165) is 18.2 Å². The number of pyridine rings is 1. The maximum Gasteiger partial charge on any atom is 0.251 e. The van der Waals surface area contributed by atoms with Gasteiger partial charge in [-0.15, -0.1) is 11.3 Å². The third kappa shape index (κ3) is 7.37. The number of likely N-dealkylation sites (tertiary alicyclic amines) is 2. The fourth-order valence-electron chi connectivity index (χ4n) is 4.46. The predicted octanol–water partition coefficient (Wildman–Crippen LogP) is 2.10. The minimum absolute atomic E-state index is 0.130. The highest BCUT2D eigenvalue weighted by Gasteiger charge is 2.35.